The van der Waals surface area contributed by atoms with Gasteiger partial charge in [-0.2, -0.15) is 0 Å². The van der Waals surface area contributed by atoms with Crippen molar-refractivity contribution in [2.45, 2.75) is 6.92 Å². The van der Waals surface area contributed by atoms with E-state index in [1.807, 2.05) is 0 Å². The molecule has 0 spiro atoms. The Morgan fingerprint density at radius 2 is 1.94 bits per heavy atom. The van der Waals surface area contributed by atoms with Crippen molar-refractivity contribution in [2.24, 2.45) is 0 Å². The average Bonchev–Trinajstić information content (AvgIpc) is 2.39. The van der Waals surface area contributed by atoms with Crippen LogP contribution in [0.25, 0.3) is 11.0 Å². The van der Waals surface area contributed by atoms with E-state index in [4.69, 9.17) is 13.9 Å². The van der Waals surface area contributed by atoms with Crippen molar-refractivity contribution >= 4 is 17.3 Å². The number of carbonyl (C=O) groups excluding carboxylic acids is 1. The molecule has 5 heteroatoms. The van der Waals surface area contributed by atoms with Crippen LogP contribution >= 0.6 is 0 Å². The van der Waals surface area contributed by atoms with Crippen LogP contribution < -0.4 is 15.1 Å². The number of fused-ring (bicyclic) bond motifs is 1. The maximum atomic E-state index is 11.6. The third-order valence-electron chi connectivity index (χ3n) is 2.75. The van der Waals surface area contributed by atoms with Crippen LogP contribution in [0.2, 0.25) is 0 Å². The predicted molar refractivity (Wildman–Crippen MR) is 65.7 cm³/mol. The Labute approximate surface area is 103 Å². The third kappa shape index (κ3) is 1.73. The standard InChI is InChI=1S/C13H12O5/c1-7-12(17-3)11-8(6-14)4-9(16-2)5-10(11)18-13(7)15/h4-6H,1-3H3. The minimum Gasteiger partial charge on any atom is -0.497 e. The van der Waals surface area contributed by atoms with Gasteiger partial charge in [0.25, 0.3) is 0 Å². The van der Waals surface area contributed by atoms with Gasteiger partial charge in [0.2, 0.25) is 0 Å². The first-order valence-corrected chi connectivity index (χ1v) is 5.27. The molecule has 18 heavy (non-hydrogen) atoms. The first-order valence-electron chi connectivity index (χ1n) is 5.27. The topological polar surface area (TPSA) is 65.7 Å². The number of methoxy groups -OCH3 is 2. The van der Waals surface area contributed by atoms with E-state index in [2.05, 4.69) is 0 Å². The Morgan fingerprint density at radius 3 is 2.50 bits per heavy atom. The molecule has 0 saturated heterocycles. The molecule has 0 atom stereocenters. The second-order valence-corrected chi connectivity index (χ2v) is 3.76. The molecule has 94 valence electrons. The van der Waals surface area contributed by atoms with Crippen molar-refractivity contribution < 1.29 is 18.7 Å². The molecule has 2 aromatic rings. The molecule has 0 saturated carbocycles. The zero-order valence-electron chi connectivity index (χ0n) is 10.3. The van der Waals surface area contributed by atoms with E-state index >= 15 is 0 Å². The lowest BCUT2D eigenvalue weighted by molar-refractivity contribution is 0.112. The monoisotopic (exact) mass is 248 g/mol. The Hall–Kier alpha value is -2.30. The number of rotatable bonds is 3. The highest BCUT2D eigenvalue weighted by atomic mass is 16.5. The molecule has 0 fully saturated rings. The number of ether oxygens (including phenoxy) is 2. The molecule has 0 aliphatic rings. The Balaban J connectivity index is 3.00. The van der Waals surface area contributed by atoms with Crippen LogP contribution in [0.4, 0.5) is 0 Å². The van der Waals surface area contributed by atoms with Crippen molar-refractivity contribution in [2.75, 3.05) is 14.2 Å². The molecule has 0 aliphatic heterocycles. The van der Waals surface area contributed by atoms with Crippen LogP contribution in [0.1, 0.15) is 15.9 Å². The van der Waals surface area contributed by atoms with Gasteiger partial charge < -0.3 is 13.9 Å². The van der Waals surface area contributed by atoms with Crippen molar-refractivity contribution in [3.8, 4) is 11.5 Å². The lowest BCUT2D eigenvalue weighted by atomic mass is 10.1. The largest absolute Gasteiger partial charge is 0.497 e. The quantitative estimate of drug-likeness (QED) is 0.613. The van der Waals surface area contributed by atoms with Crippen molar-refractivity contribution in [1.82, 2.24) is 0 Å². The number of carbonyl (C=O) groups is 1. The van der Waals surface area contributed by atoms with Gasteiger partial charge in [-0.1, -0.05) is 0 Å². The van der Waals surface area contributed by atoms with Gasteiger partial charge >= 0.3 is 5.63 Å². The van der Waals surface area contributed by atoms with Crippen molar-refractivity contribution in [3.63, 3.8) is 0 Å². The Morgan fingerprint density at radius 1 is 1.22 bits per heavy atom. The fraction of sp³-hybridized carbons (Fsp3) is 0.231. The highest BCUT2D eigenvalue weighted by Crippen LogP contribution is 2.32. The van der Waals surface area contributed by atoms with Gasteiger partial charge in [0, 0.05) is 11.6 Å². The van der Waals surface area contributed by atoms with Crippen LogP contribution in [0.5, 0.6) is 11.5 Å². The fourth-order valence-electron chi connectivity index (χ4n) is 1.86. The molecule has 0 N–H and O–H groups in total. The zero-order chi connectivity index (χ0) is 13.3. The highest BCUT2D eigenvalue weighted by molar-refractivity contribution is 6.00. The summed E-state index contributed by atoms with van der Waals surface area (Å²) in [6.45, 7) is 1.59. The molecule has 1 aromatic carbocycles. The maximum absolute atomic E-state index is 11.6. The predicted octanol–water partition coefficient (Wildman–Crippen LogP) is 1.93. The zero-order valence-corrected chi connectivity index (χ0v) is 10.3. The Kier molecular flexibility index (Phi) is 3.06. The molecule has 0 unspecified atom stereocenters. The van der Waals surface area contributed by atoms with E-state index in [-0.39, 0.29) is 5.58 Å². The molecule has 0 aliphatic carbocycles. The SMILES string of the molecule is COc1cc(C=O)c2c(OC)c(C)c(=O)oc2c1. The van der Waals surface area contributed by atoms with Gasteiger partial charge in [-0.25, -0.2) is 4.79 Å². The van der Waals surface area contributed by atoms with Gasteiger partial charge in [-0.3, -0.25) is 4.79 Å². The molecule has 1 heterocycles. The number of aldehydes is 1. The van der Waals surface area contributed by atoms with E-state index in [1.165, 1.54) is 14.2 Å². The minimum absolute atomic E-state index is 0.268. The van der Waals surface area contributed by atoms with Gasteiger partial charge in [0.05, 0.1) is 25.2 Å². The number of hydrogen-bond donors (Lipinski definition) is 0. The first-order chi connectivity index (χ1) is 8.62. The molecular weight excluding hydrogens is 236 g/mol. The average molecular weight is 248 g/mol. The van der Waals surface area contributed by atoms with E-state index < -0.39 is 5.63 Å². The molecule has 0 bridgehead atoms. The lowest BCUT2D eigenvalue weighted by Crippen LogP contribution is -2.07. The minimum atomic E-state index is -0.496. The third-order valence-corrected chi connectivity index (χ3v) is 2.75. The maximum Gasteiger partial charge on any atom is 0.342 e. The summed E-state index contributed by atoms with van der Waals surface area (Å²) in [6.07, 6.45) is 0.673. The van der Waals surface area contributed by atoms with Gasteiger partial charge in [-0.15, -0.1) is 0 Å². The lowest BCUT2D eigenvalue weighted by Gasteiger charge is -2.10. The summed E-state index contributed by atoms with van der Waals surface area (Å²) in [6, 6.07) is 3.11. The molecule has 2 rings (SSSR count). The van der Waals surface area contributed by atoms with Crippen LogP contribution in [0.3, 0.4) is 0 Å². The van der Waals surface area contributed by atoms with Gasteiger partial charge in [-0.05, 0) is 13.0 Å². The summed E-state index contributed by atoms with van der Waals surface area (Å²) < 4.78 is 15.4. The fourth-order valence-corrected chi connectivity index (χ4v) is 1.86. The van der Waals surface area contributed by atoms with Crippen LogP contribution in [0.15, 0.2) is 21.3 Å². The van der Waals surface area contributed by atoms with Crippen molar-refractivity contribution in [1.29, 1.82) is 0 Å². The number of hydrogen-bond acceptors (Lipinski definition) is 5. The summed E-state index contributed by atoms with van der Waals surface area (Å²) in [4.78, 5) is 22.8. The Bertz CT molecular complexity index is 669. The van der Waals surface area contributed by atoms with E-state index in [1.54, 1.807) is 19.1 Å². The summed E-state index contributed by atoms with van der Waals surface area (Å²) in [5.74, 6) is 0.796. The molecule has 5 nitrogen and oxygen atoms in total. The summed E-state index contributed by atoms with van der Waals surface area (Å²) in [5.41, 5.74) is 0.458. The van der Waals surface area contributed by atoms with Gasteiger partial charge in [0.15, 0.2) is 6.29 Å². The molecule has 0 amide bonds. The normalized spacial score (nSPS) is 10.4. The molecule has 1 aromatic heterocycles. The van der Waals surface area contributed by atoms with E-state index in [0.717, 1.165) is 0 Å². The van der Waals surface area contributed by atoms with Crippen LogP contribution in [-0.2, 0) is 0 Å². The molecule has 0 radical (unpaired) electrons. The van der Waals surface area contributed by atoms with Crippen molar-refractivity contribution in [3.05, 3.63) is 33.7 Å². The second-order valence-electron chi connectivity index (χ2n) is 3.76. The van der Waals surface area contributed by atoms with E-state index in [9.17, 15) is 9.59 Å². The summed E-state index contributed by atoms with van der Waals surface area (Å²) in [5, 5.41) is 0.477. The number of benzene rings is 1. The molecular formula is C13H12O5. The summed E-state index contributed by atoms with van der Waals surface area (Å²) >= 11 is 0. The van der Waals surface area contributed by atoms with Crippen LogP contribution in [-0.4, -0.2) is 20.5 Å². The van der Waals surface area contributed by atoms with E-state index in [0.29, 0.717) is 34.3 Å². The summed E-state index contributed by atoms with van der Waals surface area (Å²) in [7, 11) is 2.92. The van der Waals surface area contributed by atoms with Gasteiger partial charge in [0.1, 0.15) is 17.1 Å². The smallest absolute Gasteiger partial charge is 0.342 e. The van der Waals surface area contributed by atoms with Crippen LogP contribution in [0, 0.1) is 6.92 Å². The first kappa shape index (κ1) is 12.2. The second kappa shape index (κ2) is 4.52. The highest BCUT2D eigenvalue weighted by Gasteiger charge is 2.16.